The minimum Gasteiger partial charge on any atom is -0.369 e. The van der Waals surface area contributed by atoms with Gasteiger partial charge in [0.15, 0.2) is 5.78 Å². The smallest absolute Gasteiger partial charge is 0.224 e. The fraction of sp³-hybridized carbons (Fsp3) is 0.391. The van der Waals surface area contributed by atoms with Crippen LogP contribution in [0.3, 0.4) is 0 Å². The van der Waals surface area contributed by atoms with Crippen LogP contribution in [0, 0.1) is 6.92 Å². The number of carbonyl (C=O) groups is 2. The van der Waals surface area contributed by atoms with E-state index in [9.17, 15) is 9.59 Å². The number of amides is 1. The summed E-state index contributed by atoms with van der Waals surface area (Å²) in [7, 11) is 0. The zero-order valence-corrected chi connectivity index (χ0v) is 16.4. The molecule has 146 valence electrons. The first-order valence-electron chi connectivity index (χ1n) is 10.1. The third-order valence-corrected chi connectivity index (χ3v) is 5.75. The highest BCUT2D eigenvalue weighted by Gasteiger charge is 2.20. The van der Waals surface area contributed by atoms with Gasteiger partial charge in [-0.3, -0.25) is 14.5 Å². The Morgan fingerprint density at radius 3 is 2.50 bits per heavy atom. The van der Waals surface area contributed by atoms with Crippen molar-refractivity contribution >= 4 is 23.1 Å². The van der Waals surface area contributed by atoms with Gasteiger partial charge in [0.2, 0.25) is 5.91 Å². The molecule has 2 aromatic rings. The highest BCUT2D eigenvalue weighted by atomic mass is 16.1. The molecular weight excluding hydrogens is 350 g/mol. The van der Waals surface area contributed by atoms with Crippen LogP contribution in [-0.4, -0.2) is 49.3 Å². The van der Waals surface area contributed by atoms with Crippen molar-refractivity contribution in [3.8, 4) is 0 Å². The van der Waals surface area contributed by atoms with Crippen LogP contribution in [0.1, 0.15) is 34.3 Å². The second-order valence-electron chi connectivity index (χ2n) is 7.76. The highest BCUT2D eigenvalue weighted by Crippen LogP contribution is 2.24. The van der Waals surface area contributed by atoms with E-state index in [1.807, 2.05) is 18.2 Å². The molecule has 0 spiro atoms. The van der Waals surface area contributed by atoms with Gasteiger partial charge in [0.05, 0.1) is 0 Å². The van der Waals surface area contributed by atoms with E-state index in [1.165, 1.54) is 11.3 Å². The Labute approximate surface area is 166 Å². The Hall–Kier alpha value is -2.66. The predicted molar refractivity (Wildman–Crippen MR) is 112 cm³/mol. The first kappa shape index (κ1) is 18.7. The number of hydrogen-bond acceptors (Lipinski definition) is 4. The molecule has 1 amide bonds. The van der Waals surface area contributed by atoms with E-state index in [2.05, 4.69) is 46.3 Å². The van der Waals surface area contributed by atoms with Crippen molar-refractivity contribution in [3.05, 3.63) is 59.2 Å². The number of piperazine rings is 1. The maximum absolute atomic E-state index is 12.6. The lowest BCUT2D eigenvalue weighted by Gasteiger charge is -2.36. The summed E-state index contributed by atoms with van der Waals surface area (Å²) in [6.07, 6.45) is 1.74. The zero-order chi connectivity index (χ0) is 19.5. The average Bonchev–Trinajstić information content (AvgIpc) is 2.72. The summed E-state index contributed by atoms with van der Waals surface area (Å²) in [4.78, 5) is 28.9. The second-order valence-corrected chi connectivity index (χ2v) is 7.76. The third kappa shape index (κ3) is 4.25. The molecule has 0 saturated carbocycles. The number of aryl methyl sites for hydroxylation is 2. The van der Waals surface area contributed by atoms with Crippen LogP contribution in [-0.2, 0) is 11.2 Å². The normalized spacial score (nSPS) is 17.2. The molecule has 4 rings (SSSR count). The first-order valence-corrected chi connectivity index (χ1v) is 10.1. The molecule has 28 heavy (non-hydrogen) atoms. The zero-order valence-electron chi connectivity index (χ0n) is 16.4. The molecule has 1 N–H and O–H groups in total. The molecule has 0 bridgehead atoms. The third-order valence-electron chi connectivity index (χ3n) is 5.75. The minimum absolute atomic E-state index is 0.0522. The molecule has 2 heterocycles. The summed E-state index contributed by atoms with van der Waals surface area (Å²) >= 11 is 0. The number of ketones is 1. The number of fused-ring (bicyclic) bond motifs is 1. The molecule has 0 atom stereocenters. The molecule has 0 radical (unpaired) electrons. The van der Waals surface area contributed by atoms with Crippen LogP contribution in [0.25, 0.3) is 0 Å². The molecule has 1 fully saturated rings. The van der Waals surface area contributed by atoms with Gasteiger partial charge in [-0.15, -0.1) is 0 Å². The topological polar surface area (TPSA) is 52.7 Å². The lowest BCUT2D eigenvalue weighted by molar-refractivity contribution is -0.116. The number of anilines is 2. The molecule has 2 aliphatic rings. The summed E-state index contributed by atoms with van der Waals surface area (Å²) in [5, 5.41) is 2.87. The number of benzene rings is 2. The van der Waals surface area contributed by atoms with Crippen molar-refractivity contribution < 1.29 is 9.59 Å². The Morgan fingerprint density at radius 1 is 1.00 bits per heavy atom. The van der Waals surface area contributed by atoms with Crippen molar-refractivity contribution in [1.82, 2.24) is 4.90 Å². The lowest BCUT2D eigenvalue weighted by Crippen LogP contribution is -2.46. The largest absolute Gasteiger partial charge is 0.369 e. The molecule has 0 unspecified atom stereocenters. The molecule has 2 aliphatic heterocycles. The summed E-state index contributed by atoms with van der Waals surface area (Å²) in [5.41, 5.74) is 5.23. The molecular formula is C23H27N3O2. The Bertz CT molecular complexity index is 868. The quantitative estimate of drug-likeness (QED) is 0.813. The number of hydrogen-bond donors (Lipinski definition) is 1. The molecule has 0 aliphatic carbocycles. The Kier molecular flexibility index (Phi) is 5.44. The van der Waals surface area contributed by atoms with Crippen LogP contribution >= 0.6 is 0 Å². The van der Waals surface area contributed by atoms with E-state index >= 15 is 0 Å². The molecule has 2 aromatic carbocycles. The van der Waals surface area contributed by atoms with Gasteiger partial charge in [0.1, 0.15) is 0 Å². The van der Waals surface area contributed by atoms with Crippen LogP contribution in [0.4, 0.5) is 11.4 Å². The monoisotopic (exact) mass is 377 g/mol. The van der Waals surface area contributed by atoms with Gasteiger partial charge in [0, 0.05) is 62.5 Å². The van der Waals surface area contributed by atoms with E-state index in [0.717, 1.165) is 49.5 Å². The minimum atomic E-state index is 0.0522. The average molecular weight is 377 g/mol. The molecule has 5 nitrogen and oxygen atoms in total. The standard InChI is InChI=1S/C23H27N3O2/c1-17-2-6-20(7-3-17)26-14-12-25(13-15-26)11-10-22(27)19-4-8-21-18(16-19)5-9-23(28)24-21/h2-4,6-8,16H,5,9-15H2,1H3,(H,24,28). The van der Waals surface area contributed by atoms with Gasteiger partial charge in [-0.05, 0) is 49.2 Å². The summed E-state index contributed by atoms with van der Waals surface area (Å²) in [6, 6.07) is 14.3. The van der Waals surface area contributed by atoms with Crippen molar-refractivity contribution in [2.45, 2.75) is 26.2 Å². The van der Waals surface area contributed by atoms with E-state index < -0.39 is 0 Å². The van der Waals surface area contributed by atoms with Gasteiger partial charge in [-0.2, -0.15) is 0 Å². The Morgan fingerprint density at radius 2 is 1.75 bits per heavy atom. The highest BCUT2D eigenvalue weighted by molar-refractivity contribution is 5.99. The fourth-order valence-electron chi connectivity index (χ4n) is 3.95. The fourth-order valence-corrected chi connectivity index (χ4v) is 3.95. The predicted octanol–water partition coefficient (Wildman–Crippen LogP) is 3.27. The Balaban J connectivity index is 1.28. The second kappa shape index (κ2) is 8.15. The van der Waals surface area contributed by atoms with Gasteiger partial charge < -0.3 is 10.2 Å². The van der Waals surface area contributed by atoms with Gasteiger partial charge in [-0.25, -0.2) is 0 Å². The van der Waals surface area contributed by atoms with Gasteiger partial charge in [-0.1, -0.05) is 17.7 Å². The summed E-state index contributed by atoms with van der Waals surface area (Å²) < 4.78 is 0. The van der Waals surface area contributed by atoms with E-state index in [-0.39, 0.29) is 11.7 Å². The van der Waals surface area contributed by atoms with E-state index in [4.69, 9.17) is 0 Å². The number of nitrogens with one attached hydrogen (secondary N) is 1. The molecule has 0 aromatic heterocycles. The van der Waals surface area contributed by atoms with Crippen LogP contribution < -0.4 is 10.2 Å². The number of nitrogens with zero attached hydrogens (tertiary/aromatic N) is 2. The van der Waals surface area contributed by atoms with Crippen LogP contribution in [0.2, 0.25) is 0 Å². The van der Waals surface area contributed by atoms with Crippen molar-refractivity contribution in [3.63, 3.8) is 0 Å². The van der Waals surface area contributed by atoms with E-state index in [1.54, 1.807) is 0 Å². The van der Waals surface area contributed by atoms with Crippen molar-refractivity contribution in [2.24, 2.45) is 0 Å². The number of carbonyl (C=O) groups excluding carboxylic acids is 2. The van der Waals surface area contributed by atoms with Gasteiger partial charge in [0.25, 0.3) is 0 Å². The van der Waals surface area contributed by atoms with Crippen molar-refractivity contribution in [2.75, 3.05) is 42.9 Å². The van der Waals surface area contributed by atoms with Gasteiger partial charge >= 0.3 is 0 Å². The molecule has 5 heteroatoms. The summed E-state index contributed by atoms with van der Waals surface area (Å²) in [6.45, 7) is 6.87. The SMILES string of the molecule is Cc1ccc(N2CCN(CCC(=O)c3ccc4c(c3)CCC(=O)N4)CC2)cc1. The lowest BCUT2D eigenvalue weighted by atomic mass is 9.98. The maximum Gasteiger partial charge on any atom is 0.224 e. The summed E-state index contributed by atoms with van der Waals surface area (Å²) in [5.74, 6) is 0.233. The van der Waals surface area contributed by atoms with Crippen LogP contribution in [0.15, 0.2) is 42.5 Å². The van der Waals surface area contributed by atoms with E-state index in [0.29, 0.717) is 19.3 Å². The first-order chi connectivity index (χ1) is 13.6. The molecule has 1 saturated heterocycles. The van der Waals surface area contributed by atoms with Crippen LogP contribution in [0.5, 0.6) is 0 Å². The number of rotatable bonds is 5. The number of Topliss-reactive ketones (excluding diaryl/α,β-unsaturated/α-hetero) is 1. The van der Waals surface area contributed by atoms with Crippen molar-refractivity contribution in [1.29, 1.82) is 0 Å². The maximum atomic E-state index is 12.6.